The summed E-state index contributed by atoms with van der Waals surface area (Å²) in [4.78, 5) is 22.2. The highest BCUT2D eigenvalue weighted by Crippen LogP contribution is 1.93. The topological polar surface area (TPSA) is 104 Å². The van der Waals surface area contributed by atoms with Crippen LogP contribution in [0.2, 0.25) is 0 Å². The number of carboxylic acids is 2. The van der Waals surface area contributed by atoms with Crippen LogP contribution in [0.5, 0.6) is 0 Å². The van der Waals surface area contributed by atoms with Gasteiger partial charge >= 0.3 is 11.9 Å². The van der Waals surface area contributed by atoms with Crippen LogP contribution in [0.4, 0.5) is 0 Å². The second-order valence-electron chi connectivity index (χ2n) is 3.50. The molecule has 0 saturated carbocycles. The van der Waals surface area contributed by atoms with E-state index in [-0.39, 0.29) is 12.8 Å². The molecule has 17 heavy (non-hydrogen) atoms. The van der Waals surface area contributed by atoms with Gasteiger partial charge in [0.25, 0.3) is 0 Å². The summed E-state index contributed by atoms with van der Waals surface area (Å²) >= 11 is 0. The van der Waals surface area contributed by atoms with Crippen LogP contribution < -0.4 is 5.73 Å². The molecule has 1 atom stereocenters. The second-order valence-corrected chi connectivity index (χ2v) is 3.50. The van der Waals surface area contributed by atoms with Crippen molar-refractivity contribution in [2.24, 2.45) is 5.73 Å². The lowest BCUT2D eigenvalue weighted by Crippen LogP contribution is -2.30. The Balaban J connectivity index is 0. The fourth-order valence-corrected chi connectivity index (χ4v) is 1.07. The van der Waals surface area contributed by atoms with Crippen LogP contribution in [0.1, 0.15) is 33.6 Å². The zero-order valence-electron chi connectivity index (χ0n) is 10.8. The van der Waals surface area contributed by atoms with Gasteiger partial charge in [0.15, 0.2) is 0 Å². The molecule has 6 heteroatoms. The number of hydrogen-bond donors (Lipinski definition) is 3. The molecule has 0 spiro atoms. The number of carbonyl (C=O) groups is 2. The first-order valence-electron chi connectivity index (χ1n) is 5.81. The van der Waals surface area contributed by atoms with Gasteiger partial charge in [0, 0.05) is 6.42 Å². The van der Waals surface area contributed by atoms with E-state index in [0.717, 1.165) is 0 Å². The van der Waals surface area contributed by atoms with Crippen molar-refractivity contribution < 1.29 is 19.8 Å². The van der Waals surface area contributed by atoms with Crippen molar-refractivity contribution in [1.29, 1.82) is 0 Å². The molecule has 0 heterocycles. The quantitative estimate of drug-likeness (QED) is 0.610. The van der Waals surface area contributed by atoms with E-state index in [9.17, 15) is 9.59 Å². The van der Waals surface area contributed by atoms with Gasteiger partial charge in [-0.2, -0.15) is 0 Å². The fraction of sp³-hybridized carbons (Fsp3) is 0.818. The average Bonchev–Trinajstić information content (AvgIpc) is 2.28. The van der Waals surface area contributed by atoms with Gasteiger partial charge in [-0.25, -0.2) is 0 Å². The third-order valence-corrected chi connectivity index (χ3v) is 2.33. The number of nitrogens with two attached hydrogens (primary N) is 1. The minimum atomic E-state index is -1.17. The molecule has 0 rings (SSSR count). The van der Waals surface area contributed by atoms with Gasteiger partial charge in [-0.1, -0.05) is 20.8 Å². The minimum absolute atomic E-state index is 0.0231. The lowest BCUT2D eigenvalue weighted by atomic mass is 10.2. The summed E-state index contributed by atoms with van der Waals surface area (Å²) in [6.07, 6.45) is -0.224. The van der Waals surface area contributed by atoms with Crippen LogP contribution in [0, 0.1) is 0 Å². The predicted molar refractivity (Wildman–Crippen MR) is 65.9 cm³/mol. The van der Waals surface area contributed by atoms with Crippen molar-refractivity contribution in [3.63, 3.8) is 0 Å². The van der Waals surface area contributed by atoms with Crippen LogP contribution in [0.3, 0.4) is 0 Å². The Morgan fingerprint density at radius 2 is 1.53 bits per heavy atom. The first-order chi connectivity index (χ1) is 7.88. The van der Waals surface area contributed by atoms with Gasteiger partial charge in [0.2, 0.25) is 0 Å². The van der Waals surface area contributed by atoms with Crippen LogP contribution in [0.15, 0.2) is 0 Å². The lowest BCUT2D eigenvalue weighted by molar-refractivity contribution is -0.139. The molecule has 0 aliphatic heterocycles. The van der Waals surface area contributed by atoms with Crippen LogP contribution in [-0.2, 0) is 9.59 Å². The number of rotatable bonds is 7. The Morgan fingerprint density at radius 1 is 1.12 bits per heavy atom. The van der Waals surface area contributed by atoms with E-state index in [0.29, 0.717) is 0 Å². The molecule has 0 aromatic heterocycles. The Morgan fingerprint density at radius 3 is 1.71 bits per heavy atom. The van der Waals surface area contributed by atoms with E-state index in [2.05, 4.69) is 25.7 Å². The molecule has 102 valence electrons. The average molecular weight is 248 g/mol. The van der Waals surface area contributed by atoms with Gasteiger partial charge in [0.1, 0.15) is 6.04 Å². The molecule has 0 bridgehead atoms. The van der Waals surface area contributed by atoms with Crippen molar-refractivity contribution in [2.45, 2.75) is 39.7 Å². The Kier molecular flexibility index (Phi) is 12.2. The van der Waals surface area contributed by atoms with Crippen molar-refractivity contribution in [3.8, 4) is 0 Å². The van der Waals surface area contributed by atoms with Crippen LogP contribution >= 0.6 is 0 Å². The number of aliphatic carboxylic acids is 2. The van der Waals surface area contributed by atoms with Crippen LogP contribution in [0.25, 0.3) is 0 Å². The predicted octanol–water partition coefficient (Wildman–Crippen LogP) is 0.611. The van der Waals surface area contributed by atoms with Crippen molar-refractivity contribution in [2.75, 3.05) is 19.6 Å². The standard InChI is InChI=1S/C6H15N.C5H9NO4/c1-4-7(5-2)6-3;6-3(5(9)10)1-2-4(7)8/h4-6H2,1-3H3;3H,1-2,6H2,(H,7,8)(H,9,10). The van der Waals surface area contributed by atoms with E-state index < -0.39 is 18.0 Å². The van der Waals surface area contributed by atoms with E-state index in [1.54, 1.807) is 0 Å². The Hall–Kier alpha value is -1.14. The minimum Gasteiger partial charge on any atom is -0.481 e. The Labute approximate surface area is 102 Å². The third kappa shape index (κ3) is 12.8. The van der Waals surface area contributed by atoms with Crippen molar-refractivity contribution in [1.82, 2.24) is 4.90 Å². The Bertz CT molecular complexity index is 212. The maximum atomic E-state index is 9.99. The first-order valence-corrected chi connectivity index (χ1v) is 5.81. The largest absolute Gasteiger partial charge is 0.481 e. The van der Waals surface area contributed by atoms with Crippen LogP contribution in [-0.4, -0.2) is 52.7 Å². The smallest absolute Gasteiger partial charge is 0.320 e. The number of carboxylic acid groups (broad SMARTS) is 2. The summed E-state index contributed by atoms with van der Waals surface area (Å²) < 4.78 is 0. The molecular weight excluding hydrogens is 224 g/mol. The molecule has 1 unspecified atom stereocenters. The molecule has 0 aromatic carbocycles. The molecule has 0 amide bonds. The highest BCUT2D eigenvalue weighted by Gasteiger charge is 2.12. The zero-order valence-corrected chi connectivity index (χ0v) is 10.8. The monoisotopic (exact) mass is 248 g/mol. The summed E-state index contributed by atoms with van der Waals surface area (Å²) in [5.41, 5.74) is 5.00. The van der Waals surface area contributed by atoms with Gasteiger partial charge < -0.3 is 20.8 Å². The third-order valence-electron chi connectivity index (χ3n) is 2.33. The summed E-state index contributed by atoms with van der Waals surface area (Å²) in [5, 5.41) is 16.3. The number of nitrogens with zero attached hydrogens (tertiary/aromatic N) is 1. The molecule has 0 aromatic rings. The molecule has 0 radical (unpaired) electrons. The molecule has 0 aliphatic carbocycles. The number of hydrogen-bond acceptors (Lipinski definition) is 4. The fourth-order valence-electron chi connectivity index (χ4n) is 1.07. The first kappa shape index (κ1) is 18.2. The maximum Gasteiger partial charge on any atom is 0.320 e. The second kappa shape index (κ2) is 11.3. The summed E-state index contributed by atoms with van der Waals surface area (Å²) in [5.74, 6) is -2.20. The van der Waals surface area contributed by atoms with Gasteiger partial charge in [0.05, 0.1) is 0 Å². The molecule has 0 aliphatic rings. The molecule has 4 N–H and O–H groups in total. The summed E-state index contributed by atoms with van der Waals surface area (Å²) in [6, 6.07) is -1.06. The van der Waals surface area contributed by atoms with Crippen molar-refractivity contribution in [3.05, 3.63) is 0 Å². The van der Waals surface area contributed by atoms with Crippen molar-refractivity contribution >= 4 is 11.9 Å². The van der Waals surface area contributed by atoms with E-state index in [1.807, 2.05) is 0 Å². The molecule has 6 nitrogen and oxygen atoms in total. The van der Waals surface area contributed by atoms with Gasteiger partial charge in [-0.3, -0.25) is 9.59 Å². The summed E-state index contributed by atoms with van der Waals surface area (Å²) in [6.45, 7) is 10.1. The van der Waals surface area contributed by atoms with E-state index >= 15 is 0 Å². The highest BCUT2D eigenvalue weighted by atomic mass is 16.4. The SMILES string of the molecule is CCN(CC)CC.NC(CCC(=O)O)C(=O)O. The van der Waals surface area contributed by atoms with Gasteiger partial charge in [-0.05, 0) is 26.1 Å². The molecular formula is C11H24N2O4. The summed E-state index contributed by atoms with van der Waals surface area (Å²) in [7, 11) is 0. The molecule has 0 saturated heterocycles. The van der Waals surface area contributed by atoms with Gasteiger partial charge in [-0.15, -0.1) is 0 Å². The normalized spacial score (nSPS) is 11.6. The lowest BCUT2D eigenvalue weighted by Gasteiger charge is -2.13. The van der Waals surface area contributed by atoms with E-state index in [4.69, 9.17) is 15.9 Å². The molecule has 0 fully saturated rings. The zero-order chi connectivity index (χ0) is 13.8. The highest BCUT2D eigenvalue weighted by molar-refractivity contribution is 5.74. The van der Waals surface area contributed by atoms with E-state index in [1.165, 1.54) is 19.6 Å². The maximum absolute atomic E-state index is 9.99.